The van der Waals surface area contributed by atoms with Gasteiger partial charge in [0, 0.05) is 26.8 Å². The molecule has 90 valence electrons. The molecule has 0 amide bonds. The highest BCUT2D eigenvalue weighted by atomic mass is 32.2. The van der Waals surface area contributed by atoms with Crippen molar-refractivity contribution in [1.29, 1.82) is 0 Å². The number of nitrogens with zero attached hydrogens (tertiary/aromatic N) is 2. The third kappa shape index (κ3) is 2.51. The highest BCUT2D eigenvalue weighted by Gasteiger charge is 2.24. The van der Waals surface area contributed by atoms with E-state index in [1.165, 1.54) is 10.5 Å². The lowest BCUT2D eigenvalue weighted by atomic mass is 10.4. The normalized spacial score (nSPS) is 11.8. The predicted molar refractivity (Wildman–Crippen MR) is 63.9 cm³/mol. The van der Waals surface area contributed by atoms with Gasteiger partial charge < -0.3 is 5.32 Å². The van der Waals surface area contributed by atoms with E-state index in [1.807, 2.05) is 6.92 Å². The lowest BCUT2D eigenvalue weighted by Gasteiger charge is -2.17. The molecule has 0 aromatic carbocycles. The predicted octanol–water partition coefficient (Wildman–Crippen LogP) is 1.15. The molecular weight excluding hydrogens is 226 g/mol. The van der Waals surface area contributed by atoms with Gasteiger partial charge in [0.2, 0.25) is 0 Å². The SMILES string of the molecule is CCCN(C)S(=O)(=O)c1ncccc1NC. The lowest BCUT2D eigenvalue weighted by Crippen LogP contribution is -2.29. The van der Waals surface area contributed by atoms with Crippen molar-refractivity contribution >= 4 is 15.7 Å². The number of aromatic nitrogens is 1. The first kappa shape index (κ1) is 12.9. The van der Waals surface area contributed by atoms with E-state index in [2.05, 4.69) is 10.3 Å². The Morgan fingerprint density at radius 3 is 2.75 bits per heavy atom. The Labute approximate surface area is 96.5 Å². The first-order chi connectivity index (χ1) is 7.54. The summed E-state index contributed by atoms with van der Waals surface area (Å²) in [6.45, 7) is 2.42. The highest BCUT2D eigenvalue weighted by Crippen LogP contribution is 2.20. The highest BCUT2D eigenvalue weighted by molar-refractivity contribution is 7.89. The molecule has 0 atom stereocenters. The fourth-order valence-corrected chi connectivity index (χ4v) is 2.73. The summed E-state index contributed by atoms with van der Waals surface area (Å²) in [7, 11) is -0.245. The van der Waals surface area contributed by atoms with E-state index in [0.717, 1.165) is 6.42 Å². The summed E-state index contributed by atoms with van der Waals surface area (Å²) in [5.41, 5.74) is 0.519. The number of hydrogen-bond acceptors (Lipinski definition) is 4. The van der Waals surface area contributed by atoms with Crippen molar-refractivity contribution in [1.82, 2.24) is 9.29 Å². The van der Waals surface area contributed by atoms with E-state index in [0.29, 0.717) is 12.2 Å². The lowest BCUT2D eigenvalue weighted by molar-refractivity contribution is 0.466. The Morgan fingerprint density at radius 2 is 2.19 bits per heavy atom. The number of hydrogen-bond donors (Lipinski definition) is 1. The van der Waals surface area contributed by atoms with Crippen LogP contribution >= 0.6 is 0 Å². The number of nitrogens with one attached hydrogen (secondary N) is 1. The number of sulfonamides is 1. The van der Waals surface area contributed by atoms with Gasteiger partial charge in [-0.25, -0.2) is 13.4 Å². The van der Waals surface area contributed by atoms with Crippen molar-refractivity contribution in [3.8, 4) is 0 Å². The number of rotatable bonds is 5. The molecule has 0 aliphatic carbocycles. The van der Waals surface area contributed by atoms with Crippen LogP contribution in [0.25, 0.3) is 0 Å². The van der Waals surface area contributed by atoms with Crippen LogP contribution in [0.3, 0.4) is 0 Å². The van der Waals surface area contributed by atoms with Crippen LogP contribution < -0.4 is 5.32 Å². The Morgan fingerprint density at radius 1 is 1.50 bits per heavy atom. The molecule has 0 bridgehead atoms. The van der Waals surface area contributed by atoms with Crippen molar-refractivity contribution in [3.05, 3.63) is 18.3 Å². The Hall–Kier alpha value is -1.14. The molecule has 0 aliphatic heterocycles. The summed E-state index contributed by atoms with van der Waals surface area (Å²) in [4.78, 5) is 3.93. The summed E-state index contributed by atoms with van der Waals surface area (Å²) in [6, 6.07) is 3.39. The molecule has 1 aromatic heterocycles. The van der Waals surface area contributed by atoms with E-state index in [-0.39, 0.29) is 5.03 Å². The molecule has 1 rings (SSSR count). The second kappa shape index (κ2) is 5.27. The smallest absolute Gasteiger partial charge is 0.262 e. The maximum Gasteiger partial charge on any atom is 0.262 e. The molecule has 0 saturated heterocycles. The minimum absolute atomic E-state index is 0.0773. The van der Waals surface area contributed by atoms with Crippen molar-refractivity contribution in [2.75, 3.05) is 26.0 Å². The van der Waals surface area contributed by atoms with Crippen molar-refractivity contribution in [2.24, 2.45) is 0 Å². The fraction of sp³-hybridized carbons (Fsp3) is 0.500. The van der Waals surface area contributed by atoms with Crippen LogP contribution in [-0.4, -0.2) is 38.3 Å². The second-order valence-corrected chi connectivity index (χ2v) is 5.39. The van der Waals surface area contributed by atoms with Crippen LogP contribution in [0, 0.1) is 0 Å². The summed E-state index contributed by atoms with van der Waals surface area (Å²) in [5, 5.41) is 2.91. The van der Waals surface area contributed by atoms with E-state index in [1.54, 1.807) is 26.2 Å². The van der Waals surface area contributed by atoms with Crippen LogP contribution in [0.4, 0.5) is 5.69 Å². The molecule has 0 spiro atoms. The molecule has 0 radical (unpaired) electrons. The van der Waals surface area contributed by atoms with Gasteiger partial charge in [0.15, 0.2) is 5.03 Å². The average Bonchev–Trinajstić information content (AvgIpc) is 2.29. The van der Waals surface area contributed by atoms with Gasteiger partial charge in [0.1, 0.15) is 0 Å². The van der Waals surface area contributed by atoms with Crippen molar-refractivity contribution in [2.45, 2.75) is 18.4 Å². The van der Waals surface area contributed by atoms with E-state index in [9.17, 15) is 8.42 Å². The van der Waals surface area contributed by atoms with Gasteiger partial charge >= 0.3 is 0 Å². The minimum Gasteiger partial charge on any atom is -0.386 e. The van der Waals surface area contributed by atoms with Gasteiger partial charge in [-0.05, 0) is 18.6 Å². The topological polar surface area (TPSA) is 62.3 Å². The molecular formula is C10H17N3O2S. The monoisotopic (exact) mass is 243 g/mol. The second-order valence-electron chi connectivity index (χ2n) is 3.43. The van der Waals surface area contributed by atoms with Crippen LogP contribution in [0.5, 0.6) is 0 Å². The summed E-state index contributed by atoms with van der Waals surface area (Å²) < 4.78 is 25.6. The summed E-state index contributed by atoms with van der Waals surface area (Å²) >= 11 is 0. The van der Waals surface area contributed by atoms with Gasteiger partial charge in [0.25, 0.3) is 10.0 Å². The Bertz CT molecular complexity index is 445. The molecule has 0 fully saturated rings. The third-order valence-corrected chi connectivity index (χ3v) is 4.05. The minimum atomic E-state index is -3.48. The van der Waals surface area contributed by atoms with E-state index < -0.39 is 10.0 Å². The van der Waals surface area contributed by atoms with E-state index >= 15 is 0 Å². The van der Waals surface area contributed by atoms with Crippen LogP contribution in [0.15, 0.2) is 23.4 Å². The Balaban J connectivity index is 3.16. The molecule has 0 aliphatic rings. The number of anilines is 1. The maximum atomic E-state index is 12.1. The van der Waals surface area contributed by atoms with Gasteiger partial charge in [-0.1, -0.05) is 6.92 Å². The zero-order valence-corrected chi connectivity index (χ0v) is 10.6. The molecule has 0 unspecified atom stereocenters. The first-order valence-corrected chi connectivity index (χ1v) is 6.57. The largest absolute Gasteiger partial charge is 0.386 e. The van der Waals surface area contributed by atoms with Crippen molar-refractivity contribution in [3.63, 3.8) is 0 Å². The summed E-state index contributed by atoms with van der Waals surface area (Å²) in [6.07, 6.45) is 2.25. The number of pyridine rings is 1. The van der Waals surface area contributed by atoms with Crippen molar-refractivity contribution < 1.29 is 8.42 Å². The molecule has 0 saturated carbocycles. The Kier molecular flexibility index (Phi) is 4.26. The molecule has 16 heavy (non-hydrogen) atoms. The quantitative estimate of drug-likeness (QED) is 0.842. The van der Waals surface area contributed by atoms with Gasteiger partial charge in [-0.3, -0.25) is 0 Å². The standard InChI is InChI=1S/C10H17N3O2S/c1-4-8-13(3)16(14,15)10-9(11-2)6-5-7-12-10/h5-7,11H,4,8H2,1-3H3. The van der Waals surface area contributed by atoms with Gasteiger partial charge in [0.05, 0.1) is 5.69 Å². The summed E-state index contributed by atoms with van der Waals surface area (Å²) in [5.74, 6) is 0. The first-order valence-electron chi connectivity index (χ1n) is 5.13. The average molecular weight is 243 g/mol. The van der Waals surface area contributed by atoms with Gasteiger partial charge in [-0.2, -0.15) is 4.31 Å². The molecule has 1 heterocycles. The molecule has 6 heteroatoms. The molecule has 5 nitrogen and oxygen atoms in total. The molecule has 1 N–H and O–H groups in total. The van der Waals surface area contributed by atoms with Crippen LogP contribution in [0.2, 0.25) is 0 Å². The fourth-order valence-electron chi connectivity index (χ4n) is 1.37. The third-order valence-electron chi connectivity index (χ3n) is 2.23. The molecule has 1 aromatic rings. The maximum absolute atomic E-state index is 12.1. The van der Waals surface area contributed by atoms with Gasteiger partial charge in [-0.15, -0.1) is 0 Å². The zero-order chi connectivity index (χ0) is 12.2. The van der Waals surface area contributed by atoms with E-state index in [4.69, 9.17) is 0 Å². The van der Waals surface area contributed by atoms with Crippen LogP contribution in [-0.2, 0) is 10.0 Å². The van der Waals surface area contributed by atoms with Crippen LogP contribution in [0.1, 0.15) is 13.3 Å². The zero-order valence-electron chi connectivity index (χ0n) is 9.77.